The zero-order chi connectivity index (χ0) is 21.6. The molecule has 1 aromatic heterocycles. The van der Waals surface area contributed by atoms with Gasteiger partial charge in [-0.2, -0.15) is 0 Å². The van der Waals surface area contributed by atoms with Crippen LogP contribution in [0.2, 0.25) is 0 Å². The zero-order valence-electron chi connectivity index (χ0n) is 16.4. The van der Waals surface area contributed by atoms with Gasteiger partial charge in [-0.05, 0) is 44.4 Å². The van der Waals surface area contributed by atoms with Crippen molar-refractivity contribution in [2.75, 3.05) is 11.9 Å². The van der Waals surface area contributed by atoms with Crippen molar-refractivity contribution in [1.82, 2.24) is 5.32 Å². The molecule has 0 saturated carbocycles. The van der Waals surface area contributed by atoms with Crippen molar-refractivity contribution in [2.24, 2.45) is 22.2 Å². The Hall–Kier alpha value is -3.40. The molecular weight excluding hydrogens is 376 g/mol. The zero-order valence-corrected chi connectivity index (χ0v) is 16.4. The lowest BCUT2D eigenvalue weighted by Crippen LogP contribution is -2.49. The predicted octanol–water partition coefficient (Wildman–Crippen LogP) is -0.0745. The highest BCUT2D eigenvalue weighted by atomic mass is 16.4. The van der Waals surface area contributed by atoms with Crippen LogP contribution in [-0.2, 0) is 9.59 Å². The van der Waals surface area contributed by atoms with Gasteiger partial charge in [0.2, 0.25) is 11.8 Å². The molecular formula is C19H26N6O4. The molecule has 0 aliphatic heterocycles. The fraction of sp³-hybridized carbons (Fsp3) is 0.368. The molecule has 0 aliphatic carbocycles. The van der Waals surface area contributed by atoms with Gasteiger partial charge in [0.15, 0.2) is 5.96 Å². The molecule has 2 aromatic rings. The average Bonchev–Trinajstić information content (AvgIpc) is 2.63. The quantitative estimate of drug-likeness (QED) is 0.177. The fourth-order valence-corrected chi connectivity index (χ4v) is 2.71. The van der Waals surface area contributed by atoms with E-state index in [9.17, 15) is 14.4 Å². The molecule has 156 valence electrons. The molecule has 1 heterocycles. The van der Waals surface area contributed by atoms with Gasteiger partial charge in [0.1, 0.15) is 11.6 Å². The van der Waals surface area contributed by atoms with Crippen LogP contribution >= 0.6 is 0 Å². The van der Waals surface area contributed by atoms with Crippen molar-refractivity contribution in [3.63, 3.8) is 0 Å². The van der Waals surface area contributed by atoms with E-state index < -0.39 is 29.5 Å². The molecule has 0 fully saturated rings. The number of nitrogens with zero attached hydrogens (tertiary/aromatic N) is 1. The number of amides is 2. The molecule has 8 N–H and O–H groups in total. The summed E-state index contributed by atoms with van der Waals surface area (Å²) >= 11 is 0. The monoisotopic (exact) mass is 402 g/mol. The number of aliphatic imine (C=N–C) groups is 1. The Morgan fingerprint density at radius 2 is 1.93 bits per heavy atom. The largest absolute Gasteiger partial charge is 0.423 e. The number of fused-ring (bicyclic) bond motifs is 1. The molecule has 0 spiro atoms. The Balaban J connectivity index is 2.16. The SMILES string of the molecule is Cc1cc(=O)oc2cc(NC(=O)[C@@H](CCCN=C(N)N)NC(=O)[C@@H](C)N)ccc12. The normalized spacial score (nSPS) is 12.8. The number of nitrogens with two attached hydrogens (primary N) is 3. The van der Waals surface area contributed by atoms with Crippen molar-refractivity contribution in [3.8, 4) is 0 Å². The van der Waals surface area contributed by atoms with Crippen LogP contribution in [-0.4, -0.2) is 36.4 Å². The van der Waals surface area contributed by atoms with Crippen LogP contribution in [0.3, 0.4) is 0 Å². The summed E-state index contributed by atoms with van der Waals surface area (Å²) in [5, 5.41) is 6.11. The minimum absolute atomic E-state index is 0.0430. The maximum Gasteiger partial charge on any atom is 0.336 e. The summed E-state index contributed by atoms with van der Waals surface area (Å²) < 4.78 is 5.19. The first-order valence-electron chi connectivity index (χ1n) is 9.14. The molecule has 10 heteroatoms. The minimum Gasteiger partial charge on any atom is -0.423 e. The number of guanidine groups is 1. The lowest BCUT2D eigenvalue weighted by Gasteiger charge is -2.19. The number of anilines is 1. The third-order valence-corrected chi connectivity index (χ3v) is 4.21. The van der Waals surface area contributed by atoms with E-state index in [4.69, 9.17) is 21.6 Å². The van der Waals surface area contributed by atoms with Gasteiger partial charge >= 0.3 is 5.63 Å². The Kier molecular flexibility index (Phi) is 7.32. The molecule has 29 heavy (non-hydrogen) atoms. The van der Waals surface area contributed by atoms with E-state index in [1.807, 2.05) is 0 Å². The Morgan fingerprint density at radius 1 is 1.21 bits per heavy atom. The van der Waals surface area contributed by atoms with E-state index >= 15 is 0 Å². The second-order valence-electron chi connectivity index (χ2n) is 6.75. The lowest BCUT2D eigenvalue weighted by atomic mass is 10.1. The van der Waals surface area contributed by atoms with Crippen LogP contribution in [0.25, 0.3) is 11.0 Å². The second-order valence-corrected chi connectivity index (χ2v) is 6.75. The summed E-state index contributed by atoms with van der Waals surface area (Å²) in [4.78, 5) is 40.1. The van der Waals surface area contributed by atoms with Crippen LogP contribution in [0.5, 0.6) is 0 Å². The first kappa shape index (κ1) is 21.9. The number of hydrogen-bond donors (Lipinski definition) is 5. The third-order valence-electron chi connectivity index (χ3n) is 4.21. The second kappa shape index (κ2) is 9.69. The molecule has 0 saturated heterocycles. The Bertz CT molecular complexity index is 978. The van der Waals surface area contributed by atoms with E-state index in [2.05, 4.69) is 15.6 Å². The fourth-order valence-electron chi connectivity index (χ4n) is 2.71. The van der Waals surface area contributed by atoms with E-state index in [1.54, 1.807) is 25.1 Å². The topological polar surface area (TPSA) is 179 Å². The van der Waals surface area contributed by atoms with Gasteiger partial charge < -0.3 is 32.3 Å². The van der Waals surface area contributed by atoms with Gasteiger partial charge in [-0.15, -0.1) is 0 Å². The lowest BCUT2D eigenvalue weighted by molar-refractivity contribution is -0.127. The van der Waals surface area contributed by atoms with Crippen molar-refractivity contribution in [1.29, 1.82) is 0 Å². The van der Waals surface area contributed by atoms with Crippen LogP contribution in [0.15, 0.2) is 38.5 Å². The molecule has 10 nitrogen and oxygen atoms in total. The first-order valence-corrected chi connectivity index (χ1v) is 9.14. The maximum absolute atomic E-state index is 12.7. The standard InChI is InChI=1S/C19H26N6O4/c1-10-8-16(26)29-15-9-12(5-6-13(10)15)24-18(28)14(25-17(27)11(2)20)4-3-7-23-19(21)22/h5-6,8-9,11,14H,3-4,7,20H2,1-2H3,(H,24,28)(H,25,27)(H4,21,22,23)/t11-,14-/m1/s1. The molecule has 2 amide bonds. The van der Waals surface area contributed by atoms with Crippen molar-refractivity contribution in [2.45, 2.75) is 38.8 Å². The number of nitrogens with one attached hydrogen (secondary N) is 2. The molecule has 2 atom stereocenters. The Morgan fingerprint density at radius 3 is 2.59 bits per heavy atom. The molecule has 2 rings (SSSR count). The summed E-state index contributed by atoms with van der Waals surface area (Å²) in [5.74, 6) is -0.927. The number of benzene rings is 1. The summed E-state index contributed by atoms with van der Waals surface area (Å²) in [6.07, 6.45) is 0.782. The van der Waals surface area contributed by atoms with E-state index in [1.165, 1.54) is 13.0 Å². The number of hydrogen-bond acceptors (Lipinski definition) is 6. The molecule has 0 aliphatic rings. The molecule has 0 radical (unpaired) electrons. The van der Waals surface area contributed by atoms with Gasteiger partial charge in [-0.25, -0.2) is 4.79 Å². The van der Waals surface area contributed by atoms with Gasteiger partial charge in [0.05, 0.1) is 6.04 Å². The number of aryl methyl sites for hydroxylation is 1. The van der Waals surface area contributed by atoms with Crippen molar-refractivity contribution >= 4 is 34.4 Å². The van der Waals surface area contributed by atoms with Crippen LogP contribution in [0.1, 0.15) is 25.3 Å². The van der Waals surface area contributed by atoms with Crippen LogP contribution < -0.4 is 33.5 Å². The molecule has 1 aromatic carbocycles. The third kappa shape index (κ3) is 6.32. The van der Waals surface area contributed by atoms with Gasteiger partial charge in [0, 0.05) is 29.8 Å². The highest BCUT2D eigenvalue weighted by molar-refractivity contribution is 5.99. The van der Waals surface area contributed by atoms with E-state index in [0.717, 1.165) is 10.9 Å². The van der Waals surface area contributed by atoms with Crippen molar-refractivity contribution < 1.29 is 14.0 Å². The highest BCUT2D eigenvalue weighted by Crippen LogP contribution is 2.21. The number of carbonyl (C=O) groups excluding carboxylic acids is 2. The molecule has 0 bridgehead atoms. The van der Waals surface area contributed by atoms with E-state index in [-0.39, 0.29) is 5.96 Å². The summed E-state index contributed by atoms with van der Waals surface area (Å²) in [6, 6.07) is 4.81. The maximum atomic E-state index is 12.7. The smallest absolute Gasteiger partial charge is 0.336 e. The van der Waals surface area contributed by atoms with Gasteiger partial charge in [-0.1, -0.05) is 0 Å². The summed E-state index contributed by atoms with van der Waals surface area (Å²) in [6.45, 7) is 3.64. The Labute approximate surface area is 167 Å². The van der Waals surface area contributed by atoms with Gasteiger partial charge in [-0.3, -0.25) is 14.6 Å². The summed E-state index contributed by atoms with van der Waals surface area (Å²) in [7, 11) is 0. The van der Waals surface area contributed by atoms with Crippen LogP contribution in [0.4, 0.5) is 5.69 Å². The van der Waals surface area contributed by atoms with Crippen LogP contribution in [0, 0.1) is 6.92 Å². The predicted molar refractivity (Wildman–Crippen MR) is 111 cm³/mol. The van der Waals surface area contributed by atoms with Crippen molar-refractivity contribution in [3.05, 3.63) is 40.2 Å². The molecule has 0 unspecified atom stereocenters. The average molecular weight is 402 g/mol. The minimum atomic E-state index is -0.831. The summed E-state index contributed by atoms with van der Waals surface area (Å²) in [5.41, 5.74) is 17.3. The van der Waals surface area contributed by atoms with E-state index in [0.29, 0.717) is 30.7 Å². The first-order chi connectivity index (χ1) is 13.7. The number of rotatable bonds is 8. The van der Waals surface area contributed by atoms with Gasteiger partial charge in [0.25, 0.3) is 0 Å². The highest BCUT2D eigenvalue weighted by Gasteiger charge is 2.22. The number of carbonyl (C=O) groups is 2.